The van der Waals surface area contributed by atoms with Gasteiger partial charge < -0.3 is 15.1 Å². The van der Waals surface area contributed by atoms with E-state index in [2.05, 4.69) is 34.3 Å². The van der Waals surface area contributed by atoms with Crippen LogP contribution in [0, 0.1) is 0 Å². The summed E-state index contributed by atoms with van der Waals surface area (Å²) in [6.07, 6.45) is 2.65. The van der Waals surface area contributed by atoms with Crippen molar-refractivity contribution in [2.45, 2.75) is 25.4 Å². The van der Waals surface area contributed by atoms with E-state index in [4.69, 9.17) is 11.6 Å². The van der Waals surface area contributed by atoms with Crippen LogP contribution in [-0.2, 0) is 6.54 Å². The Kier molecular flexibility index (Phi) is 3.96. The second kappa shape index (κ2) is 5.70. The summed E-state index contributed by atoms with van der Waals surface area (Å²) >= 11 is 6.45. The molecule has 19 heavy (non-hydrogen) atoms. The van der Waals surface area contributed by atoms with Crippen LogP contribution in [0.5, 0.6) is 0 Å². The van der Waals surface area contributed by atoms with E-state index < -0.39 is 0 Å². The highest BCUT2D eigenvalue weighted by Crippen LogP contribution is 2.31. The summed E-state index contributed by atoms with van der Waals surface area (Å²) in [5, 5.41) is 4.48. The van der Waals surface area contributed by atoms with E-state index in [-0.39, 0.29) is 0 Å². The molecule has 2 aliphatic rings. The molecule has 1 aliphatic heterocycles. The Morgan fingerprint density at radius 2 is 1.95 bits per heavy atom. The van der Waals surface area contributed by atoms with Gasteiger partial charge in [-0.1, -0.05) is 23.7 Å². The van der Waals surface area contributed by atoms with Crippen LogP contribution >= 0.6 is 11.6 Å². The Morgan fingerprint density at radius 1 is 1.21 bits per heavy atom. The van der Waals surface area contributed by atoms with Crippen molar-refractivity contribution in [2.75, 3.05) is 38.1 Å². The highest BCUT2D eigenvalue weighted by Gasteiger charge is 2.23. The largest absolute Gasteiger partial charge is 0.368 e. The number of anilines is 1. The molecule has 1 heterocycles. The standard InChI is InChI=1S/C15H22ClN3/c1-18-7-9-19(10-8-18)15-12(3-2-4-14(15)16)11-17-13-5-6-13/h2-4,13,17H,5-11H2,1H3. The van der Waals surface area contributed by atoms with Crippen LogP contribution in [0.2, 0.25) is 5.02 Å². The Hall–Kier alpha value is -0.770. The number of nitrogens with zero attached hydrogens (tertiary/aromatic N) is 2. The van der Waals surface area contributed by atoms with Crippen molar-refractivity contribution < 1.29 is 0 Å². The van der Waals surface area contributed by atoms with E-state index in [0.29, 0.717) is 0 Å². The second-order valence-corrected chi connectivity index (χ2v) is 6.10. The van der Waals surface area contributed by atoms with E-state index >= 15 is 0 Å². The molecule has 1 aromatic rings. The summed E-state index contributed by atoms with van der Waals surface area (Å²) in [6, 6.07) is 7.01. The third-order valence-corrected chi connectivity index (χ3v) is 4.35. The van der Waals surface area contributed by atoms with Crippen molar-refractivity contribution in [2.24, 2.45) is 0 Å². The van der Waals surface area contributed by atoms with Gasteiger partial charge in [-0.25, -0.2) is 0 Å². The van der Waals surface area contributed by atoms with Crippen LogP contribution in [0.3, 0.4) is 0 Å². The Labute approximate surface area is 120 Å². The maximum absolute atomic E-state index is 6.45. The van der Waals surface area contributed by atoms with Gasteiger partial charge in [-0.2, -0.15) is 0 Å². The average Bonchev–Trinajstić information content (AvgIpc) is 3.22. The smallest absolute Gasteiger partial charge is 0.0642 e. The van der Waals surface area contributed by atoms with Gasteiger partial charge in [0.25, 0.3) is 0 Å². The molecule has 2 fully saturated rings. The maximum atomic E-state index is 6.45. The molecule has 4 heteroatoms. The molecular weight excluding hydrogens is 258 g/mol. The molecule has 0 unspecified atom stereocenters. The molecule has 1 saturated heterocycles. The summed E-state index contributed by atoms with van der Waals surface area (Å²) in [5.74, 6) is 0. The molecule has 3 nitrogen and oxygen atoms in total. The number of halogens is 1. The van der Waals surface area contributed by atoms with Gasteiger partial charge in [-0.3, -0.25) is 0 Å². The molecule has 0 bridgehead atoms. The minimum Gasteiger partial charge on any atom is -0.368 e. The Balaban J connectivity index is 1.77. The fourth-order valence-electron chi connectivity index (χ4n) is 2.63. The van der Waals surface area contributed by atoms with Crippen LogP contribution in [0.25, 0.3) is 0 Å². The van der Waals surface area contributed by atoms with Crippen LogP contribution in [0.15, 0.2) is 18.2 Å². The number of hydrogen-bond acceptors (Lipinski definition) is 3. The zero-order valence-corrected chi connectivity index (χ0v) is 12.3. The fraction of sp³-hybridized carbons (Fsp3) is 0.600. The molecule has 0 aromatic heterocycles. The normalized spacial score (nSPS) is 20.8. The van der Waals surface area contributed by atoms with Gasteiger partial charge in [0.2, 0.25) is 0 Å². The first-order valence-electron chi connectivity index (χ1n) is 7.18. The maximum Gasteiger partial charge on any atom is 0.0642 e. The van der Waals surface area contributed by atoms with Crippen molar-refractivity contribution >= 4 is 17.3 Å². The molecule has 1 aromatic carbocycles. The first kappa shape index (κ1) is 13.2. The SMILES string of the molecule is CN1CCN(c2c(Cl)cccc2CNC2CC2)CC1. The van der Waals surface area contributed by atoms with Crippen molar-refractivity contribution in [3.8, 4) is 0 Å². The quantitative estimate of drug-likeness (QED) is 0.913. The summed E-state index contributed by atoms with van der Waals surface area (Å²) in [6.45, 7) is 5.29. The number of nitrogens with one attached hydrogen (secondary N) is 1. The number of rotatable bonds is 4. The van der Waals surface area contributed by atoms with Crippen LogP contribution in [0.1, 0.15) is 18.4 Å². The number of piperazine rings is 1. The fourth-order valence-corrected chi connectivity index (χ4v) is 2.94. The number of para-hydroxylation sites is 1. The van der Waals surface area contributed by atoms with Gasteiger partial charge in [-0.05, 0) is 31.5 Å². The number of hydrogen-bond donors (Lipinski definition) is 1. The van der Waals surface area contributed by atoms with E-state index in [1.807, 2.05) is 6.07 Å². The van der Waals surface area contributed by atoms with Gasteiger partial charge >= 0.3 is 0 Å². The highest BCUT2D eigenvalue weighted by atomic mass is 35.5. The lowest BCUT2D eigenvalue weighted by Gasteiger charge is -2.35. The van der Waals surface area contributed by atoms with Gasteiger partial charge in [-0.15, -0.1) is 0 Å². The van der Waals surface area contributed by atoms with Crippen LogP contribution in [-0.4, -0.2) is 44.2 Å². The minimum absolute atomic E-state index is 0.735. The third kappa shape index (κ3) is 3.22. The lowest BCUT2D eigenvalue weighted by molar-refractivity contribution is 0.312. The zero-order valence-electron chi connectivity index (χ0n) is 11.5. The van der Waals surface area contributed by atoms with E-state index in [1.165, 1.54) is 24.1 Å². The van der Waals surface area contributed by atoms with Gasteiger partial charge in [0, 0.05) is 38.8 Å². The molecule has 0 atom stereocenters. The third-order valence-electron chi connectivity index (χ3n) is 4.05. The topological polar surface area (TPSA) is 18.5 Å². The van der Waals surface area contributed by atoms with Crippen LogP contribution < -0.4 is 10.2 Å². The Morgan fingerprint density at radius 3 is 2.63 bits per heavy atom. The first-order chi connectivity index (χ1) is 9.24. The van der Waals surface area contributed by atoms with Gasteiger partial charge in [0.1, 0.15) is 0 Å². The molecule has 0 amide bonds. The minimum atomic E-state index is 0.735. The number of benzene rings is 1. The Bertz CT molecular complexity index is 437. The number of likely N-dealkylation sites (N-methyl/N-ethyl adjacent to an activating group) is 1. The molecular formula is C15H22ClN3. The summed E-state index contributed by atoms with van der Waals surface area (Å²) < 4.78 is 0. The summed E-state index contributed by atoms with van der Waals surface area (Å²) in [7, 11) is 2.18. The van der Waals surface area contributed by atoms with Crippen LogP contribution in [0.4, 0.5) is 5.69 Å². The van der Waals surface area contributed by atoms with E-state index in [9.17, 15) is 0 Å². The lowest BCUT2D eigenvalue weighted by atomic mass is 10.1. The van der Waals surface area contributed by atoms with Gasteiger partial charge in [0.05, 0.1) is 10.7 Å². The zero-order chi connectivity index (χ0) is 13.2. The summed E-state index contributed by atoms with van der Waals surface area (Å²) in [4.78, 5) is 4.81. The van der Waals surface area contributed by atoms with Crippen molar-refractivity contribution in [3.05, 3.63) is 28.8 Å². The molecule has 104 valence electrons. The van der Waals surface area contributed by atoms with Crippen molar-refractivity contribution in [1.82, 2.24) is 10.2 Å². The van der Waals surface area contributed by atoms with E-state index in [1.54, 1.807) is 0 Å². The second-order valence-electron chi connectivity index (χ2n) is 5.69. The molecule has 1 saturated carbocycles. The monoisotopic (exact) mass is 279 g/mol. The predicted octanol–water partition coefficient (Wildman–Crippen LogP) is 2.34. The average molecular weight is 280 g/mol. The van der Waals surface area contributed by atoms with Crippen molar-refractivity contribution in [1.29, 1.82) is 0 Å². The first-order valence-corrected chi connectivity index (χ1v) is 7.56. The highest BCUT2D eigenvalue weighted by molar-refractivity contribution is 6.33. The molecule has 0 radical (unpaired) electrons. The van der Waals surface area contributed by atoms with Gasteiger partial charge in [0.15, 0.2) is 0 Å². The van der Waals surface area contributed by atoms with Crippen molar-refractivity contribution in [3.63, 3.8) is 0 Å². The molecule has 0 spiro atoms. The van der Waals surface area contributed by atoms with E-state index in [0.717, 1.165) is 43.8 Å². The molecule has 1 N–H and O–H groups in total. The predicted molar refractivity (Wildman–Crippen MR) is 81.0 cm³/mol. The summed E-state index contributed by atoms with van der Waals surface area (Å²) in [5.41, 5.74) is 2.58. The molecule has 3 rings (SSSR count). The lowest BCUT2D eigenvalue weighted by Crippen LogP contribution is -2.45. The molecule has 1 aliphatic carbocycles.